The number of nitrogens with one attached hydrogen (secondary N) is 2. The molecule has 148 valence electrons. The molecule has 0 saturated heterocycles. The molecule has 1 atom stereocenters. The molecule has 2 aromatic carbocycles. The SMILES string of the molecule is [C-]#[N+]N=S(=O)(NC(=O)Nc1c(C(C)C)cccc1C(C)C)c1ccc(C)cc1. The lowest BCUT2D eigenvalue weighted by molar-refractivity contribution is 0.256. The van der Waals surface area contributed by atoms with E-state index in [1.54, 1.807) is 24.3 Å². The van der Waals surface area contributed by atoms with Crippen LogP contribution in [0.3, 0.4) is 0 Å². The Morgan fingerprint density at radius 2 is 1.57 bits per heavy atom. The largest absolute Gasteiger partial charge is 0.332 e. The van der Waals surface area contributed by atoms with Gasteiger partial charge in [-0.2, -0.15) is 6.57 Å². The van der Waals surface area contributed by atoms with Crippen LogP contribution in [0.15, 0.2) is 51.8 Å². The smallest absolute Gasteiger partial charge is 0.307 e. The van der Waals surface area contributed by atoms with Crippen molar-refractivity contribution < 1.29 is 9.00 Å². The van der Waals surface area contributed by atoms with E-state index in [2.05, 4.69) is 19.5 Å². The summed E-state index contributed by atoms with van der Waals surface area (Å²) in [5.41, 5.74) is 3.67. The third kappa shape index (κ3) is 4.90. The number of benzene rings is 2. The lowest BCUT2D eigenvalue weighted by Crippen LogP contribution is -2.34. The summed E-state index contributed by atoms with van der Waals surface area (Å²) in [6.07, 6.45) is 0. The molecule has 0 bridgehead atoms. The van der Waals surface area contributed by atoms with Crippen LogP contribution in [0, 0.1) is 13.5 Å². The van der Waals surface area contributed by atoms with Crippen molar-refractivity contribution in [1.82, 2.24) is 4.72 Å². The van der Waals surface area contributed by atoms with E-state index in [0.717, 1.165) is 16.7 Å². The maximum absolute atomic E-state index is 13.2. The van der Waals surface area contributed by atoms with Crippen LogP contribution in [0.4, 0.5) is 10.5 Å². The van der Waals surface area contributed by atoms with Gasteiger partial charge in [0.05, 0.1) is 4.90 Å². The number of hydrogen-bond donors (Lipinski definition) is 2. The highest BCUT2D eigenvalue weighted by Gasteiger charge is 2.22. The molecule has 2 N–H and O–H groups in total. The van der Waals surface area contributed by atoms with Crippen LogP contribution in [0.25, 0.3) is 4.95 Å². The van der Waals surface area contributed by atoms with Crippen LogP contribution in [0.5, 0.6) is 0 Å². The zero-order valence-corrected chi connectivity index (χ0v) is 17.6. The average Bonchev–Trinajstić information content (AvgIpc) is 2.61. The van der Waals surface area contributed by atoms with Gasteiger partial charge in [0.2, 0.25) is 9.92 Å². The Balaban J connectivity index is 2.40. The van der Waals surface area contributed by atoms with Gasteiger partial charge in [-0.3, -0.25) is 0 Å². The van der Waals surface area contributed by atoms with E-state index in [0.29, 0.717) is 5.69 Å². The highest BCUT2D eigenvalue weighted by molar-refractivity contribution is 7.92. The molecule has 0 saturated carbocycles. The Morgan fingerprint density at radius 3 is 2.04 bits per heavy atom. The van der Waals surface area contributed by atoms with Crippen molar-refractivity contribution in [2.75, 3.05) is 5.32 Å². The summed E-state index contributed by atoms with van der Waals surface area (Å²) in [5, 5.41) is 2.84. The van der Waals surface area contributed by atoms with Gasteiger partial charge < -0.3 is 5.32 Å². The number of urea groups is 1. The van der Waals surface area contributed by atoms with Gasteiger partial charge in [0.15, 0.2) is 4.47 Å². The molecule has 2 aromatic rings. The number of hydrogen-bond acceptors (Lipinski definition) is 3. The topological polar surface area (TPSA) is 74.9 Å². The summed E-state index contributed by atoms with van der Waals surface area (Å²) in [6, 6.07) is 12.0. The fraction of sp³-hybridized carbons (Fsp3) is 0.333. The first-order valence-electron chi connectivity index (χ1n) is 9.09. The summed E-state index contributed by atoms with van der Waals surface area (Å²) in [7, 11) is -3.41. The van der Waals surface area contributed by atoms with Crippen LogP contribution >= 0.6 is 0 Å². The molecule has 0 aliphatic carbocycles. The molecule has 0 aromatic heterocycles. The quantitative estimate of drug-likeness (QED) is 0.505. The minimum atomic E-state index is -3.41. The highest BCUT2D eigenvalue weighted by Crippen LogP contribution is 2.32. The predicted molar refractivity (Wildman–Crippen MR) is 113 cm³/mol. The maximum atomic E-state index is 13.2. The van der Waals surface area contributed by atoms with Crippen LogP contribution in [0.2, 0.25) is 0 Å². The number of rotatable bonds is 5. The van der Waals surface area contributed by atoms with E-state index in [9.17, 15) is 9.00 Å². The maximum Gasteiger partial charge on any atom is 0.332 e. The second-order valence-electron chi connectivity index (χ2n) is 7.20. The first-order valence-corrected chi connectivity index (χ1v) is 10.6. The van der Waals surface area contributed by atoms with Crippen molar-refractivity contribution in [3.8, 4) is 0 Å². The van der Waals surface area contributed by atoms with Crippen LogP contribution in [-0.2, 0) is 9.92 Å². The van der Waals surface area contributed by atoms with Crippen molar-refractivity contribution in [2.24, 2.45) is 4.47 Å². The van der Waals surface area contributed by atoms with Gasteiger partial charge in [-0.1, -0.05) is 63.6 Å². The predicted octanol–water partition coefficient (Wildman–Crippen LogP) is 5.64. The standard InChI is InChI=1S/C21H26N4O2S/c1-14(2)18-8-7-9-19(15(3)4)20(18)23-21(26)24-28(27,25-22-6)17-12-10-16(5)11-13-17/h7-15H,1-5H3,(H2,23,24,25,26,27). The zero-order valence-electron chi connectivity index (χ0n) is 16.8. The number of aryl methyl sites for hydroxylation is 1. The summed E-state index contributed by atoms with van der Waals surface area (Å²) in [6.45, 7) is 17.1. The number of para-hydroxylation sites is 1. The first-order chi connectivity index (χ1) is 13.2. The normalized spacial score (nSPS) is 12.9. The van der Waals surface area contributed by atoms with Gasteiger partial charge in [-0.05, 0) is 42.0 Å². The van der Waals surface area contributed by atoms with Crippen molar-refractivity contribution in [3.63, 3.8) is 0 Å². The zero-order chi connectivity index (χ0) is 20.9. The molecular formula is C21H26N4O2S. The molecule has 6 nitrogen and oxygen atoms in total. The Hall–Kier alpha value is -2.85. The van der Waals surface area contributed by atoms with Crippen molar-refractivity contribution in [3.05, 3.63) is 70.7 Å². The van der Waals surface area contributed by atoms with Gasteiger partial charge in [0.1, 0.15) is 0 Å². The van der Waals surface area contributed by atoms with Gasteiger partial charge in [-0.25, -0.2) is 13.7 Å². The van der Waals surface area contributed by atoms with Gasteiger partial charge >= 0.3 is 6.03 Å². The van der Waals surface area contributed by atoms with E-state index >= 15 is 0 Å². The molecule has 0 spiro atoms. The van der Waals surface area contributed by atoms with Crippen molar-refractivity contribution in [1.29, 1.82) is 0 Å². The second-order valence-corrected chi connectivity index (χ2v) is 9.09. The van der Waals surface area contributed by atoms with E-state index in [1.165, 1.54) is 0 Å². The summed E-state index contributed by atoms with van der Waals surface area (Å²) in [4.78, 5) is 15.9. The number of carbonyl (C=O) groups excluding carboxylic acids is 1. The fourth-order valence-electron chi connectivity index (χ4n) is 2.87. The molecule has 0 heterocycles. The van der Waals surface area contributed by atoms with Gasteiger partial charge in [0.25, 0.3) is 0 Å². The van der Waals surface area contributed by atoms with E-state index < -0.39 is 15.9 Å². The Kier molecular flexibility index (Phi) is 6.81. The lowest BCUT2D eigenvalue weighted by Gasteiger charge is -2.20. The van der Waals surface area contributed by atoms with E-state index in [1.807, 2.05) is 52.8 Å². The highest BCUT2D eigenvalue weighted by atomic mass is 32.2. The third-order valence-electron chi connectivity index (χ3n) is 4.34. The summed E-state index contributed by atoms with van der Waals surface area (Å²) in [5.74, 6) is 0.395. The number of anilines is 1. The summed E-state index contributed by atoms with van der Waals surface area (Å²) < 4.78 is 19.1. The fourth-order valence-corrected chi connectivity index (χ4v) is 4.04. The van der Waals surface area contributed by atoms with Crippen LogP contribution in [-0.4, -0.2) is 10.2 Å². The monoisotopic (exact) mass is 398 g/mol. The molecule has 28 heavy (non-hydrogen) atoms. The molecule has 1 unspecified atom stereocenters. The summed E-state index contributed by atoms with van der Waals surface area (Å²) >= 11 is 0. The van der Waals surface area contributed by atoms with Crippen molar-refractivity contribution >= 4 is 21.6 Å². The van der Waals surface area contributed by atoms with E-state index in [4.69, 9.17) is 6.57 Å². The number of amides is 2. The molecule has 2 amide bonds. The molecule has 0 radical (unpaired) electrons. The Morgan fingerprint density at radius 1 is 1.04 bits per heavy atom. The minimum Gasteiger partial charge on any atom is -0.307 e. The van der Waals surface area contributed by atoms with Crippen molar-refractivity contribution in [2.45, 2.75) is 51.3 Å². The lowest BCUT2D eigenvalue weighted by atomic mass is 9.93. The Bertz CT molecular complexity index is 985. The molecular weight excluding hydrogens is 372 g/mol. The number of carbonyl (C=O) groups is 1. The average molecular weight is 399 g/mol. The van der Waals surface area contributed by atoms with Crippen LogP contribution < -0.4 is 10.0 Å². The van der Waals surface area contributed by atoms with E-state index in [-0.39, 0.29) is 16.7 Å². The molecule has 7 heteroatoms. The first kappa shape index (κ1) is 21.5. The molecule has 0 fully saturated rings. The third-order valence-corrected chi connectivity index (χ3v) is 6.02. The van der Waals surface area contributed by atoms with Crippen LogP contribution in [0.1, 0.15) is 56.2 Å². The minimum absolute atomic E-state index is 0.198. The number of nitrogens with zero attached hydrogens (tertiary/aromatic N) is 2. The molecule has 2 rings (SSSR count). The second kappa shape index (κ2) is 8.89. The van der Waals surface area contributed by atoms with Gasteiger partial charge in [-0.15, -0.1) is 4.95 Å². The Labute approximate surface area is 167 Å². The van der Waals surface area contributed by atoms with Gasteiger partial charge in [0, 0.05) is 5.69 Å². The molecule has 0 aliphatic heterocycles. The molecule has 0 aliphatic rings.